The molecule has 0 spiro atoms. The van der Waals surface area contributed by atoms with Crippen LogP contribution in [0.15, 0.2) is 0 Å². The quantitative estimate of drug-likeness (QED) is 0.104. The van der Waals surface area contributed by atoms with Gasteiger partial charge in [-0.3, -0.25) is 0 Å². The van der Waals surface area contributed by atoms with Crippen LogP contribution in [0.2, 0.25) is 0 Å². The molecule has 0 heterocycles. The molecular formula is C28H62NO3P. The molecule has 0 saturated carbocycles. The second kappa shape index (κ2) is 30.3. The molecule has 0 unspecified atom stereocenters. The van der Waals surface area contributed by atoms with Crippen LogP contribution in [0.5, 0.6) is 0 Å². The Bertz CT molecular complexity index is 313. The maximum Gasteiger partial charge on any atom is 0.329 e. The van der Waals surface area contributed by atoms with Crippen molar-refractivity contribution in [3.63, 3.8) is 0 Å². The van der Waals surface area contributed by atoms with Gasteiger partial charge < -0.3 is 19.7 Å². The third kappa shape index (κ3) is 37.0. The molecule has 0 aliphatic carbocycles. The molecule has 0 aliphatic rings. The number of unbranched alkanes of at least 4 members (excludes halogenated alkanes) is 13. The predicted molar refractivity (Wildman–Crippen MR) is 149 cm³/mol. The molecule has 0 amide bonds. The third-order valence-corrected chi connectivity index (χ3v) is 6.62. The number of hydrogen-bond donors (Lipinski definition) is 2. The van der Waals surface area contributed by atoms with E-state index in [1.54, 1.807) is 0 Å². The summed E-state index contributed by atoms with van der Waals surface area (Å²) in [5.74, 6) is 1.56. The fourth-order valence-corrected chi connectivity index (χ4v) is 4.26. The molecule has 0 aromatic carbocycles. The Morgan fingerprint density at radius 2 is 0.939 bits per heavy atom. The van der Waals surface area contributed by atoms with E-state index in [2.05, 4.69) is 34.6 Å². The van der Waals surface area contributed by atoms with Crippen molar-refractivity contribution in [2.45, 2.75) is 150 Å². The number of rotatable bonds is 24. The SMILES string of the molecule is CC(C)CCCCCOP(O)OCCCCCC(C)C.CCCCCCCCCCCCN. The summed E-state index contributed by atoms with van der Waals surface area (Å²) < 4.78 is 10.6. The summed E-state index contributed by atoms with van der Waals surface area (Å²) in [5.41, 5.74) is 5.42. The molecule has 0 aromatic heterocycles. The van der Waals surface area contributed by atoms with Crippen molar-refractivity contribution in [1.29, 1.82) is 0 Å². The molecule has 0 atom stereocenters. The van der Waals surface area contributed by atoms with Crippen LogP contribution in [0.1, 0.15) is 150 Å². The molecule has 33 heavy (non-hydrogen) atoms. The van der Waals surface area contributed by atoms with E-state index in [4.69, 9.17) is 14.8 Å². The average Bonchev–Trinajstić information content (AvgIpc) is 2.77. The van der Waals surface area contributed by atoms with Crippen molar-refractivity contribution < 1.29 is 13.9 Å². The lowest BCUT2D eigenvalue weighted by molar-refractivity contribution is 0.193. The molecule has 0 saturated heterocycles. The lowest BCUT2D eigenvalue weighted by Crippen LogP contribution is -1.97. The van der Waals surface area contributed by atoms with Crippen LogP contribution in [-0.2, 0) is 9.05 Å². The van der Waals surface area contributed by atoms with E-state index in [-0.39, 0.29) is 0 Å². The van der Waals surface area contributed by atoms with Crippen molar-refractivity contribution >= 4 is 8.60 Å². The van der Waals surface area contributed by atoms with E-state index < -0.39 is 8.60 Å². The van der Waals surface area contributed by atoms with E-state index >= 15 is 0 Å². The molecule has 0 bridgehead atoms. The Morgan fingerprint density at radius 1 is 0.576 bits per heavy atom. The largest absolute Gasteiger partial charge is 0.330 e. The lowest BCUT2D eigenvalue weighted by Gasteiger charge is -2.11. The highest BCUT2D eigenvalue weighted by molar-refractivity contribution is 7.40. The van der Waals surface area contributed by atoms with Gasteiger partial charge in [-0.1, -0.05) is 131 Å². The average molecular weight is 492 g/mol. The van der Waals surface area contributed by atoms with Crippen LogP contribution in [0.25, 0.3) is 0 Å². The minimum atomic E-state index is -1.65. The van der Waals surface area contributed by atoms with E-state index in [0.717, 1.165) is 31.2 Å². The summed E-state index contributed by atoms with van der Waals surface area (Å²) in [6.45, 7) is 13.4. The van der Waals surface area contributed by atoms with Crippen molar-refractivity contribution in [2.75, 3.05) is 19.8 Å². The van der Waals surface area contributed by atoms with Crippen LogP contribution in [0.3, 0.4) is 0 Å². The molecule has 5 heteroatoms. The van der Waals surface area contributed by atoms with Crippen LogP contribution >= 0.6 is 8.60 Å². The Hall–Kier alpha value is 0.270. The Morgan fingerprint density at radius 3 is 1.30 bits per heavy atom. The molecular weight excluding hydrogens is 429 g/mol. The maximum atomic E-state index is 9.56. The van der Waals surface area contributed by atoms with Gasteiger partial charge in [-0.05, 0) is 37.6 Å². The normalized spacial score (nSPS) is 11.5. The first-order valence-corrected chi connectivity index (χ1v) is 15.5. The standard InChI is InChI=1S/C16H35O3P.C12H27N/c1-15(2)11-7-5-9-13-18-20(17)19-14-10-6-8-12-16(3)4;1-2-3-4-5-6-7-8-9-10-11-12-13/h15-17H,5-14H2,1-4H3;2-13H2,1H3. The van der Waals surface area contributed by atoms with Gasteiger partial charge in [-0.15, -0.1) is 0 Å². The molecule has 202 valence electrons. The monoisotopic (exact) mass is 491 g/mol. The molecule has 3 N–H and O–H groups in total. The van der Waals surface area contributed by atoms with Crippen LogP contribution in [0.4, 0.5) is 0 Å². The molecule has 0 fully saturated rings. The maximum absolute atomic E-state index is 9.56. The number of nitrogens with two attached hydrogens (primary N) is 1. The fraction of sp³-hybridized carbons (Fsp3) is 1.00. The van der Waals surface area contributed by atoms with Gasteiger partial charge in [0.25, 0.3) is 0 Å². The summed E-state index contributed by atoms with van der Waals surface area (Å²) in [6.07, 6.45) is 23.4. The van der Waals surface area contributed by atoms with Crippen molar-refractivity contribution in [2.24, 2.45) is 17.6 Å². The van der Waals surface area contributed by atoms with Gasteiger partial charge in [-0.2, -0.15) is 0 Å². The predicted octanol–water partition coefficient (Wildman–Crippen LogP) is 9.54. The fourth-order valence-electron chi connectivity index (χ4n) is 3.62. The van der Waals surface area contributed by atoms with Gasteiger partial charge in [0.2, 0.25) is 0 Å². The topological polar surface area (TPSA) is 64.7 Å². The minimum Gasteiger partial charge on any atom is -0.330 e. The van der Waals surface area contributed by atoms with Crippen LogP contribution < -0.4 is 5.73 Å². The first kappa shape index (κ1) is 35.4. The summed E-state index contributed by atoms with van der Waals surface area (Å²) in [6, 6.07) is 0. The number of hydrogen-bond acceptors (Lipinski definition) is 4. The first-order valence-electron chi connectivity index (χ1n) is 14.4. The molecule has 4 nitrogen and oxygen atoms in total. The Kier molecular flexibility index (Phi) is 32.5. The van der Waals surface area contributed by atoms with Gasteiger partial charge in [0.15, 0.2) is 0 Å². The van der Waals surface area contributed by atoms with Crippen molar-refractivity contribution in [3.8, 4) is 0 Å². The Labute approximate surface area is 210 Å². The van der Waals surface area contributed by atoms with Gasteiger partial charge in [0, 0.05) is 0 Å². The second-order valence-electron chi connectivity index (χ2n) is 10.4. The van der Waals surface area contributed by atoms with Crippen molar-refractivity contribution in [1.82, 2.24) is 0 Å². The molecule has 0 aliphatic heterocycles. The van der Waals surface area contributed by atoms with E-state index in [0.29, 0.717) is 13.2 Å². The van der Waals surface area contributed by atoms with E-state index in [9.17, 15) is 4.89 Å². The van der Waals surface area contributed by atoms with E-state index in [1.807, 2.05) is 0 Å². The lowest BCUT2D eigenvalue weighted by atomic mass is 10.1. The summed E-state index contributed by atoms with van der Waals surface area (Å²) >= 11 is 0. The van der Waals surface area contributed by atoms with Crippen LogP contribution in [-0.4, -0.2) is 24.7 Å². The van der Waals surface area contributed by atoms with Crippen LogP contribution in [0, 0.1) is 11.8 Å². The summed E-state index contributed by atoms with van der Waals surface area (Å²) in [7, 11) is -1.65. The van der Waals surface area contributed by atoms with Gasteiger partial charge >= 0.3 is 8.60 Å². The molecule has 0 rings (SSSR count). The summed E-state index contributed by atoms with van der Waals surface area (Å²) in [5, 5.41) is 0. The highest BCUT2D eigenvalue weighted by Crippen LogP contribution is 2.33. The zero-order chi connectivity index (χ0) is 25.0. The second-order valence-corrected chi connectivity index (χ2v) is 11.4. The van der Waals surface area contributed by atoms with Crippen molar-refractivity contribution in [3.05, 3.63) is 0 Å². The first-order chi connectivity index (χ1) is 15.9. The van der Waals surface area contributed by atoms with Gasteiger partial charge in [0.05, 0.1) is 13.2 Å². The third-order valence-electron chi connectivity index (χ3n) is 5.81. The summed E-state index contributed by atoms with van der Waals surface area (Å²) in [4.78, 5) is 9.56. The highest BCUT2D eigenvalue weighted by Gasteiger charge is 2.06. The smallest absolute Gasteiger partial charge is 0.329 e. The molecule has 0 aromatic rings. The zero-order valence-electron chi connectivity index (χ0n) is 23.3. The molecule has 0 radical (unpaired) electrons. The van der Waals surface area contributed by atoms with Gasteiger partial charge in [-0.25, -0.2) is 0 Å². The van der Waals surface area contributed by atoms with Gasteiger partial charge in [0.1, 0.15) is 0 Å². The van der Waals surface area contributed by atoms with E-state index in [1.165, 1.54) is 103 Å². The minimum absolute atomic E-state index is 0.619. The Balaban J connectivity index is 0. The highest BCUT2D eigenvalue weighted by atomic mass is 31.2. The zero-order valence-corrected chi connectivity index (χ0v) is 24.2.